The van der Waals surface area contributed by atoms with Gasteiger partial charge in [0, 0.05) is 17.7 Å². The highest BCUT2D eigenvalue weighted by Gasteiger charge is 2.48. The number of thioether (sulfide) groups is 1. The number of nitrogens with zero attached hydrogens (tertiary/aromatic N) is 3. The Hall–Kier alpha value is -4.15. The van der Waals surface area contributed by atoms with Crippen molar-refractivity contribution in [2.45, 2.75) is 42.5 Å². The van der Waals surface area contributed by atoms with Gasteiger partial charge in [-0.2, -0.15) is 0 Å². The second kappa shape index (κ2) is 11.0. The number of aliphatic hydroxyl groups excluding tert-OH is 1. The first-order valence-electron chi connectivity index (χ1n) is 13.1. The molecule has 2 aliphatic heterocycles. The van der Waals surface area contributed by atoms with Crippen molar-refractivity contribution in [2.24, 2.45) is 0 Å². The Labute approximate surface area is 245 Å². The van der Waals surface area contributed by atoms with E-state index in [0.29, 0.717) is 33.4 Å². The molecule has 1 fully saturated rings. The molecule has 0 spiro atoms. The number of carbonyl (C=O) groups is 2. The number of hydrogen-bond donors (Lipinski definition) is 1. The minimum atomic E-state index is -0.896. The Morgan fingerprint density at radius 3 is 2.59 bits per heavy atom. The van der Waals surface area contributed by atoms with Gasteiger partial charge >= 0.3 is 5.91 Å². The number of ether oxygens (including phenoxy) is 2. The van der Waals surface area contributed by atoms with Crippen LogP contribution in [0, 0.1) is 6.92 Å². The van der Waals surface area contributed by atoms with E-state index in [1.165, 1.54) is 33.6 Å². The van der Waals surface area contributed by atoms with Crippen LogP contribution in [0.15, 0.2) is 76.6 Å². The van der Waals surface area contributed by atoms with E-state index in [1.54, 1.807) is 43.5 Å². The first kappa shape index (κ1) is 27.0. The van der Waals surface area contributed by atoms with Gasteiger partial charge in [0.15, 0.2) is 4.34 Å². The minimum absolute atomic E-state index is 0.00357. The molecule has 0 saturated carbocycles. The van der Waals surface area contributed by atoms with Gasteiger partial charge in [-0.1, -0.05) is 65.1 Å². The fourth-order valence-electron chi connectivity index (χ4n) is 5.04. The molecule has 3 aromatic carbocycles. The number of hydrogen-bond acceptors (Lipinski definition) is 9. The summed E-state index contributed by atoms with van der Waals surface area (Å²) in [6.45, 7) is 4.02. The van der Waals surface area contributed by atoms with E-state index >= 15 is 0 Å². The van der Waals surface area contributed by atoms with Crippen molar-refractivity contribution >= 4 is 45.7 Å². The van der Waals surface area contributed by atoms with E-state index in [-0.39, 0.29) is 22.6 Å². The zero-order valence-electron chi connectivity index (χ0n) is 22.7. The lowest BCUT2D eigenvalue weighted by Gasteiger charge is -2.22. The number of aromatic nitrogens is 2. The van der Waals surface area contributed by atoms with Gasteiger partial charge < -0.3 is 14.6 Å². The van der Waals surface area contributed by atoms with E-state index in [9.17, 15) is 14.7 Å². The van der Waals surface area contributed by atoms with Crippen LogP contribution in [0.4, 0.5) is 5.13 Å². The quantitative estimate of drug-likeness (QED) is 0.0913. The number of rotatable bonds is 7. The third kappa shape index (κ3) is 5.20. The zero-order chi connectivity index (χ0) is 28.7. The lowest BCUT2D eigenvalue weighted by molar-refractivity contribution is -0.132. The lowest BCUT2D eigenvalue weighted by atomic mass is 9.94. The Morgan fingerprint density at radius 1 is 1.10 bits per heavy atom. The number of Topliss-reactive ketones (excluding diaryl/α,β-unsaturated/α-hetero) is 1. The molecule has 0 aliphatic carbocycles. The van der Waals surface area contributed by atoms with Crippen LogP contribution in [0.25, 0.3) is 5.76 Å². The molecular weight excluding hydrogens is 558 g/mol. The SMILES string of the molecule is COc1ccc([C@@H]2/C(=C(\O)c3ccc4c(c3)C[C@H](C)O4)C(=O)C(=O)N2c2nnc(SCc3ccc(C)cc3)s2)cc1. The van der Waals surface area contributed by atoms with Crippen LogP contribution in [0.5, 0.6) is 11.5 Å². The molecule has 10 heteroatoms. The molecule has 2 aliphatic rings. The summed E-state index contributed by atoms with van der Waals surface area (Å²) in [5, 5.41) is 20.4. The van der Waals surface area contributed by atoms with Crippen LogP contribution in [-0.2, 0) is 21.8 Å². The summed E-state index contributed by atoms with van der Waals surface area (Å²) in [5.41, 5.74) is 4.35. The molecule has 1 N–H and O–H groups in total. The normalized spacial score (nSPS) is 19.3. The molecule has 1 amide bonds. The molecular formula is C31H27N3O5S2. The maximum Gasteiger partial charge on any atom is 0.301 e. The third-order valence-corrected chi connectivity index (χ3v) is 9.26. The van der Waals surface area contributed by atoms with Crippen LogP contribution in [0.1, 0.15) is 40.8 Å². The van der Waals surface area contributed by atoms with Gasteiger partial charge in [0.05, 0.1) is 18.7 Å². The molecule has 0 radical (unpaired) electrons. The van der Waals surface area contributed by atoms with Crippen LogP contribution in [-0.4, -0.2) is 40.2 Å². The summed E-state index contributed by atoms with van der Waals surface area (Å²) < 4.78 is 11.8. The second-order valence-corrected chi connectivity index (χ2v) is 12.2. The average Bonchev–Trinajstić information content (AvgIpc) is 3.67. The molecule has 208 valence electrons. The van der Waals surface area contributed by atoms with Crippen molar-refractivity contribution in [3.63, 3.8) is 0 Å². The highest BCUT2D eigenvalue weighted by atomic mass is 32.2. The number of aryl methyl sites for hydroxylation is 1. The van der Waals surface area contributed by atoms with Crippen molar-refractivity contribution < 1.29 is 24.2 Å². The molecule has 2 atom stereocenters. The zero-order valence-corrected chi connectivity index (χ0v) is 24.3. The Bertz CT molecular complexity index is 1660. The van der Waals surface area contributed by atoms with E-state index in [1.807, 2.05) is 19.9 Å². The van der Waals surface area contributed by atoms with E-state index < -0.39 is 17.7 Å². The number of amides is 1. The van der Waals surface area contributed by atoms with Gasteiger partial charge in [0.1, 0.15) is 23.4 Å². The molecule has 0 unspecified atom stereocenters. The molecule has 8 nitrogen and oxygen atoms in total. The molecule has 6 rings (SSSR count). The largest absolute Gasteiger partial charge is 0.507 e. The lowest BCUT2D eigenvalue weighted by Crippen LogP contribution is -2.29. The summed E-state index contributed by atoms with van der Waals surface area (Å²) in [4.78, 5) is 28.4. The van der Waals surface area contributed by atoms with E-state index in [2.05, 4.69) is 34.5 Å². The van der Waals surface area contributed by atoms with Crippen LogP contribution in [0.2, 0.25) is 0 Å². The van der Waals surface area contributed by atoms with Crippen molar-refractivity contribution in [3.05, 3.63) is 100 Å². The van der Waals surface area contributed by atoms with Gasteiger partial charge in [0.2, 0.25) is 5.13 Å². The van der Waals surface area contributed by atoms with Gasteiger partial charge in [-0.3, -0.25) is 14.5 Å². The van der Waals surface area contributed by atoms with Crippen molar-refractivity contribution in [1.29, 1.82) is 0 Å². The van der Waals surface area contributed by atoms with E-state index in [0.717, 1.165) is 16.9 Å². The topological polar surface area (TPSA) is 102 Å². The van der Waals surface area contributed by atoms with Crippen LogP contribution >= 0.6 is 23.1 Å². The standard InChI is InChI=1S/C31H27N3O5S2/c1-17-4-6-19(7-5-17)16-40-31-33-32-30(41-31)34-26(20-8-11-23(38-3)12-9-20)25(28(36)29(34)37)27(35)21-10-13-24-22(15-21)14-18(2)39-24/h4-13,15,18,26,35H,14,16H2,1-3H3/b27-25+/t18-,26+/m0/s1. The maximum atomic E-state index is 13.5. The number of methoxy groups -OCH3 is 1. The second-order valence-electron chi connectivity index (χ2n) is 10.0. The molecule has 0 bridgehead atoms. The predicted octanol–water partition coefficient (Wildman–Crippen LogP) is 6.10. The third-order valence-electron chi connectivity index (χ3n) is 7.13. The molecule has 1 aromatic heterocycles. The Kier molecular flexibility index (Phi) is 7.27. The molecule has 1 saturated heterocycles. The van der Waals surface area contributed by atoms with Gasteiger partial charge in [-0.15, -0.1) is 10.2 Å². The van der Waals surface area contributed by atoms with Crippen LogP contribution in [0.3, 0.4) is 0 Å². The monoisotopic (exact) mass is 585 g/mol. The minimum Gasteiger partial charge on any atom is -0.507 e. The molecule has 3 heterocycles. The van der Waals surface area contributed by atoms with Crippen molar-refractivity contribution in [2.75, 3.05) is 12.0 Å². The Morgan fingerprint density at radius 2 is 1.85 bits per heavy atom. The smallest absolute Gasteiger partial charge is 0.301 e. The van der Waals surface area contributed by atoms with Gasteiger partial charge in [-0.05, 0) is 60.9 Å². The van der Waals surface area contributed by atoms with Gasteiger partial charge in [-0.25, -0.2) is 0 Å². The number of aliphatic hydroxyl groups is 1. The predicted molar refractivity (Wildman–Crippen MR) is 159 cm³/mol. The fraction of sp³-hybridized carbons (Fsp3) is 0.226. The highest BCUT2D eigenvalue weighted by Crippen LogP contribution is 2.45. The number of benzene rings is 3. The van der Waals surface area contributed by atoms with Crippen molar-refractivity contribution in [3.8, 4) is 11.5 Å². The van der Waals surface area contributed by atoms with Gasteiger partial charge in [0.25, 0.3) is 5.78 Å². The number of ketones is 1. The first-order valence-corrected chi connectivity index (χ1v) is 14.9. The summed E-state index contributed by atoms with van der Waals surface area (Å²) in [6.07, 6.45) is 0.725. The molecule has 4 aromatic rings. The Balaban J connectivity index is 1.38. The number of carbonyl (C=O) groups excluding carboxylic acids is 2. The van der Waals surface area contributed by atoms with Crippen LogP contribution < -0.4 is 14.4 Å². The summed E-state index contributed by atoms with van der Waals surface area (Å²) >= 11 is 2.75. The molecule has 41 heavy (non-hydrogen) atoms. The first-order chi connectivity index (χ1) is 19.8. The summed E-state index contributed by atoms with van der Waals surface area (Å²) in [6, 6.07) is 19.7. The number of fused-ring (bicyclic) bond motifs is 1. The highest BCUT2D eigenvalue weighted by molar-refractivity contribution is 8.00. The van der Waals surface area contributed by atoms with E-state index in [4.69, 9.17) is 9.47 Å². The fourth-order valence-corrected chi connectivity index (χ4v) is 6.87. The maximum absolute atomic E-state index is 13.5. The average molecular weight is 586 g/mol. The number of anilines is 1. The van der Waals surface area contributed by atoms with Crippen molar-refractivity contribution in [1.82, 2.24) is 10.2 Å². The summed E-state index contributed by atoms with van der Waals surface area (Å²) in [7, 11) is 1.57. The summed E-state index contributed by atoms with van der Waals surface area (Å²) in [5.74, 6) is 0.285.